The molecule has 0 saturated heterocycles. The van der Waals surface area contributed by atoms with Crippen LogP contribution in [-0.2, 0) is 9.59 Å². The van der Waals surface area contributed by atoms with Crippen LogP contribution >= 0.6 is 0 Å². The molecule has 2 atom stereocenters. The molecule has 0 unspecified atom stereocenters. The van der Waals surface area contributed by atoms with Gasteiger partial charge in [-0.3, -0.25) is 9.59 Å². The number of benzene rings is 1. The molecule has 0 bridgehead atoms. The molecule has 2 amide bonds. The molecule has 0 aromatic heterocycles. The van der Waals surface area contributed by atoms with Gasteiger partial charge in [0.25, 0.3) is 5.91 Å². The number of nitrogens with zero attached hydrogens (tertiary/aromatic N) is 1. The van der Waals surface area contributed by atoms with Crippen molar-refractivity contribution in [3.05, 3.63) is 24.3 Å². The predicted molar refractivity (Wildman–Crippen MR) is 81.9 cm³/mol. The van der Waals surface area contributed by atoms with Crippen LogP contribution in [0.4, 0.5) is 0 Å². The third-order valence-electron chi connectivity index (χ3n) is 3.29. The fourth-order valence-electron chi connectivity index (χ4n) is 2.27. The Hall–Kier alpha value is -2.24. The molecule has 1 aromatic carbocycles. The van der Waals surface area contributed by atoms with Gasteiger partial charge in [0, 0.05) is 13.1 Å². The van der Waals surface area contributed by atoms with Gasteiger partial charge in [-0.25, -0.2) is 0 Å². The van der Waals surface area contributed by atoms with Crippen molar-refractivity contribution < 1.29 is 19.1 Å². The summed E-state index contributed by atoms with van der Waals surface area (Å²) >= 11 is 0. The molecule has 22 heavy (non-hydrogen) atoms. The summed E-state index contributed by atoms with van der Waals surface area (Å²) in [4.78, 5) is 25.6. The van der Waals surface area contributed by atoms with Gasteiger partial charge in [0.1, 0.15) is 6.10 Å². The van der Waals surface area contributed by atoms with Crippen LogP contribution in [0.2, 0.25) is 0 Å². The van der Waals surface area contributed by atoms with E-state index in [1.807, 2.05) is 26.0 Å². The molecule has 6 nitrogen and oxygen atoms in total. The lowest BCUT2D eigenvalue weighted by Crippen LogP contribution is -2.51. The smallest absolute Gasteiger partial charge is 0.267 e. The molecule has 1 aliphatic rings. The van der Waals surface area contributed by atoms with E-state index in [0.717, 1.165) is 0 Å². The fraction of sp³-hybridized carbons (Fsp3) is 0.500. The first-order valence-corrected chi connectivity index (χ1v) is 7.35. The molecule has 0 aliphatic carbocycles. The number of amides is 2. The first-order chi connectivity index (χ1) is 10.4. The zero-order chi connectivity index (χ0) is 16.3. The third kappa shape index (κ3) is 3.69. The van der Waals surface area contributed by atoms with Crippen LogP contribution in [0, 0.1) is 0 Å². The maximum absolute atomic E-state index is 12.5. The van der Waals surface area contributed by atoms with E-state index < -0.39 is 12.2 Å². The topological polar surface area (TPSA) is 67.9 Å². The molecule has 0 saturated carbocycles. The fourth-order valence-corrected chi connectivity index (χ4v) is 2.27. The molecule has 1 N–H and O–H groups in total. The quantitative estimate of drug-likeness (QED) is 0.907. The number of fused-ring (bicyclic) bond motifs is 1. The van der Waals surface area contributed by atoms with Crippen LogP contribution in [0.25, 0.3) is 0 Å². The predicted octanol–water partition coefficient (Wildman–Crippen LogP) is 1.20. The highest BCUT2D eigenvalue weighted by atomic mass is 16.6. The lowest BCUT2D eigenvalue weighted by Gasteiger charge is -2.33. The molecule has 0 spiro atoms. The van der Waals surface area contributed by atoms with E-state index in [0.29, 0.717) is 11.5 Å². The van der Waals surface area contributed by atoms with Crippen LogP contribution in [0.1, 0.15) is 20.8 Å². The van der Waals surface area contributed by atoms with Gasteiger partial charge in [0.2, 0.25) is 12.0 Å². The lowest BCUT2D eigenvalue weighted by molar-refractivity contribution is -0.145. The molecule has 1 heterocycles. The molecule has 1 aromatic rings. The van der Waals surface area contributed by atoms with Crippen molar-refractivity contribution in [2.45, 2.75) is 39.0 Å². The number of carbonyl (C=O) groups excluding carboxylic acids is 2. The van der Waals surface area contributed by atoms with Gasteiger partial charge in [-0.05, 0) is 32.9 Å². The van der Waals surface area contributed by atoms with Crippen LogP contribution in [0.5, 0.6) is 11.5 Å². The minimum atomic E-state index is -0.758. The van der Waals surface area contributed by atoms with E-state index in [1.165, 1.54) is 4.90 Å². The first kappa shape index (κ1) is 16.1. The summed E-state index contributed by atoms with van der Waals surface area (Å²) in [5.41, 5.74) is 0. The van der Waals surface area contributed by atoms with Gasteiger partial charge in [-0.2, -0.15) is 0 Å². The normalized spacial score (nSPS) is 19.7. The summed E-state index contributed by atoms with van der Waals surface area (Å²) in [5, 5.41) is 2.75. The SMILES string of the molecule is CC(C)NC(=O)CN(C)C(=O)[C@H]1Oc2ccccc2O[C@@H]1C. The lowest BCUT2D eigenvalue weighted by atomic mass is 10.1. The monoisotopic (exact) mass is 306 g/mol. The summed E-state index contributed by atoms with van der Waals surface area (Å²) in [5.74, 6) is 0.690. The zero-order valence-corrected chi connectivity index (χ0v) is 13.3. The van der Waals surface area contributed by atoms with Crippen molar-refractivity contribution >= 4 is 11.8 Å². The van der Waals surface area contributed by atoms with Gasteiger partial charge >= 0.3 is 0 Å². The highest BCUT2D eigenvalue weighted by Crippen LogP contribution is 2.33. The Labute approximate surface area is 130 Å². The second kappa shape index (κ2) is 6.68. The molecular formula is C16H22N2O4. The van der Waals surface area contributed by atoms with Crippen LogP contribution in [0.3, 0.4) is 0 Å². The zero-order valence-electron chi connectivity index (χ0n) is 13.3. The Morgan fingerprint density at radius 3 is 2.41 bits per heavy atom. The van der Waals surface area contributed by atoms with Crippen LogP contribution in [0.15, 0.2) is 24.3 Å². The maximum Gasteiger partial charge on any atom is 0.267 e. The first-order valence-electron chi connectivity index (χ1n) is 7.35. The van der Waals surface area contributed by atoms with Crippen LogP contribution < -0.4 is 14.8 Å². The third-order valence-corrected chi connectivity index (χ3v) is 3.29. The molecule has 6 heteroatoms. The van der Waals surface area contributed by atoms with Gasteiger partial charge < -0.3 is 19.7 Å². The molecule has 0 fully saturated rings. The number of hydrogen-bond acceptors (Lipinski definition) is 4. The summed E-state index contributed by atoms with van der Waals surface area (Å²) in [6, 6.07) is 7.26. The van der Waals surface area contributed by atoms with E-state index in [1.54, 1.807) is 26.1 Å². The molecular weight excluding hydrogens is 284 g/mol. The Bertz CT molecular complexity index is 559. The Morgan fingerprint density at radius 2 is 1.82 bits per heavy atom. The number of para-hydroxylation sites is 2. The minimum absolute atomic E-state index is 0.00869. The van der Waals surface area contributed by atoms with Crippen molar-refractivity contribution in [2.75, 3.05) is 13.6 Å². The number of hydrogen-bond donors (Lipinski definition) is 1. The van der Waals surface area contributed by atoms with E-state index in [9.17, 15) is 9.59 Å². The summed E-state index contributed by atoms with van der Waals surface area (Å²) in [6.45, 7) is 5.51. The van der Waals surface area contributed by atoms with E-state index in [4.69, 9.17) is 9.47 Å². The Balaban J connectivity index is 2.02. The number of carbonyl (C=O) groups is 2. The highest BCUT2D eigenvalue weighted by Gasteiger charge is 2.36. The van der Waals surface area contributed by atoms with Gasteiger partial charge in [0.15, 0.2) is 11.5 Å². The molecule has 2 rings (SSSR count). The number of rotatable bonds is 4. The van der Waals surface area contributed by atoms with Crippen molar-refractivity contribution in [3.63, 3.8) is 0 Å². The second-order valence-corrected chi connectivity index (χ2v) is 5.72. The Morgan fingerprint density at radius 1 is 1.23 bits per heavy atom. The molecule has 1 aliphatic heterocycles. The maximum atomic E-state index is 12.5. The van der Waals surface area contributed by atoms with Gasteiger partial charge in [-0.1, -0.05) is 12.1 Å². The minimum Gasteiger partial charge on any atom is -0.482 e. The highest BCUT2D eigenvalue weighted by molar-refractivity contribution is 5.87. The summed E-state index contributed by atoms with van der Waals surface area (Å²) in [7, 11) is 1.58. The van der Waals surface area contributed by atoms with Gasteiger partial charge in [0.05, 0.1) is 6.54 Å². The van der Waals surface area contributed by atoms with Crippen molar-refractivity contribution in [1.29, 1.82) is 0 Å². The summed E-state index contributed by atoms with van der Waals surface area (Å²) in [6.07, 6.45) is -1.18. The average Bonchev–Trinajstić information content (AvgIpc) is 2.44. The van der Waals surface area contributed by atoms with Gasteiger partial charge in [-0.15, -0.1) is 0 Å². The second-order valence-electron chi connectivity index (χ2n) is 5.72. The van der Waals surface area contributed by atoms with Crippen molar-refractivity contribution in [3.8, 4) is 11.5 Å². The van der Waals surface area contributed by atoms with E-state index in [-0.39, 0.29) is 24.4 Å². The number of nitrogens with one attached hydrogen (secondary N) is 1. The number of likely N-dealkylation sites (N-methyl/N-ethyl adjacent to an activating group) is 1. The largest absolute Gasteiger partial charge is 0.482 e. The van der Waals surface area contributed by atoms with E-state index in [2.05, 4.69) is 5.32 Å². The summed E-state index contributed by atoms with van der Waals surface area (Å²) < 4.78 is 11.5. The van der Waals surface area contributed by atoms with Crippen molar-refractivity contribution in [1.82, 2.24) is 10.2 Å². The molecule has 120 valence electrons. The van der Waals surface area contributed by atoms with E-state index >= 15 is 0 Å². The molecule has 0 radical (unpaired) electrons. The van der Waals surface area contributed by atoms with Crippen LogP contribution in [-0.4, -0.2) is 48.6 Å². The standard InChI is InChI=1S/C16H22N2O4/c1-10(2)17-14(19)9-18(4)16(20)15-11(3)21-12-7-5-6-8-13(12)22-15/h5-8,10-11,15H,9H2,1-4H3,(H,17,19)/t11-,15+/m1/s1. The van der Waals surface area contributed by atoms with Crippen molar-refractivity contribution in [2.24, 2.45) is 0 Å². The average molecular weight is 306 g/mol. The Kier molecular flexibility index (Phi) is 4.90. The number of ether oxygens (including phenoxy) is 2.